The second-order valence-corrected chi connectivity index (χ2v) is 25.2. The molecule has 103 heavy (non-hydrogen) atoms. The molecule has 0 saturated heterocycles. The number of azo groups is 3. The molecule has 8 N–H and O–H groups in total. The second-order valence-electron chi connectivity index (χ2n) is 25.2. The smallest absolute Gasteiger partial charge is 0.259 e. The Morgan fingerprint density at radius 3 is 1.07 bits per heavy atom. The quantitative estimate of drug-likeness (QED) is 0.0342. The molecule has 18 nitrogen and oxygen atoms in total. The Hall–Kier alpha value is -14.1. The molecule has 0 aliphatic rings. The van der Waals surface area contributed by atoms with Gasteiger partial charge in [-0.2, -0.15) is 15.3 Å². The Balaban J connectivity index is 0.752. The Labute approximate surface area is 586 Å². The maximum absolute atomic E-state index is 14.3. The maximum Gasteiger partial charge on any atom is 0.259 e. The predicted octanol–water partition coefficient (Wildman–Crippen LogP) is 23.3. The van der Waals surface area contributed by atoms with Crippen LogP contribution < -0.4 is 15.5 Å². The molecule has 3 heterocycles. The van der Waals surface area contributed by atoms with Crippen LogP contribution in [0.5, 0.6) is 17.2 Å². The lowest BCUT2D eigenvalue weighted by atomic mass is 10.00. The van der Waals surface area contributed by atoms with Crippen LogP contribution in [0.25, 0.3) is 97.7 Å². The summed E-state index contributed by atoms with van der Waals surface area (Å²) in [5, 5.41) is 80.2. The number of aromatic nitrogens is 3. The number of phenolic OH excluding ortho intramolecular Hbond substituents is 3. The van der Waals surface area contributed by atoms with Gasteiger partial charge in [0.2, 0.25) is 0 Å². The number of benzene rings is 14. The summed E-state index contributed by atoms with van der Waals surface area (Å²) in [6.07, 6.45) is 1.98. The number of phenols is 3. The zero-order chi connectivity index (χ0) is 70.0. The second kappa shape index (κ2) is 25.6. The molecule has 0 atom stereocenters. The summed E-state index contributed by atoms with van der Waals surface area (Å²) in [4.78, 5) is 53.5. The monoisotopic (exact) mass is 1340 g/mol. The van der Waals surface area contributed by atoms with Gasteiger partial charge in [-0.05, 0) is 161 Å². The molecule has 0 aliphatic carbocycles. The first-order chi connectivity index (χ1) is 50.5. The van der Waals surface area contributed by atoms with Gasteiger partial charge in [0.05, 0.1) is 50.3 Å². The van der Waals surface area contributed by atoms with E-state index in [1.807, 2.05) is 213 Å². The van der Waals surface area contributed by atoms with Crippen molar-refractivity contribution in [1.82, 2.24) is 15.0 Å². The summed E-state index contributed by atoms with van der Waals surface area (Å²) in [6, 6.07) is 77.8. The predicted molar refractivity (Wildman–Crippen MR) is 412 cm³/mol. The number of H-pyrrole nitrogens is 3. The summed E-state index contributed by atoms with van der Waals surface area (Å²) in [5.41, 5.74) is 11.9. The fraction of sp³-hybridized carbons (Fsp3) is 0.0471. The van der Waals surface area contributed by atoms with Crippen molar-refractivity contribution in [3.05, 3.63) is 277 Å². The van der Waals surface area contributed by atoms with Gasteiger partial charge in [0.25, 0.3) is 11.8 Å². The van der Waals surface area contributed by atoms with E-state index in [1.54, 1.807) is 54.6 Å². The number of carbonyl (C=O) groups excluding carboxylic acids is 3. The van der Waals surface area contributed by atoms with E-state index in [0.29, 0.717) is 96.9 Å². The summed E-state index contributed by atoms with van der Waals surface area (Å²) in [7, 11) is 0. The molecule has 17 rings (SSSR count). The Morgan fingerprint density at radius 1 is 0.379 bits per heavy atom. The topological polar surface area (TPSA) is 261 Å². The van der Waals surface area contributed by atoms with Gasteiger partial charge in [-0.3, -0.25) is 14.4 Å². The number of hydrogen-bond acceptors (Lipinski definition) is 13. The fourth-order valence-corrected chi connectivity index (χ4v) is 14.1. The number of anilines is 5. The first-order valence-corrected chi connectivity index (χ1v) is 33.7. The van der Waals surface area contributed by atoms with E-state index < -0.39 is 11.8 Å². The number of fused-ring (bicyclic) bond motifs is 15. The molecule has 0 radical (unpaired) electrons. The zero-order valence-electron chi connectivity index (χ0n) is 55.4. The third kappa shape index (κ3) is 11.0. The van der Waals surface area contributed by atoms with Gasteiger partial charge in [0, 0.05) is 93.5 Å². The first kappa shape index (κ1) is 62.4. The number of para-hydroxylation sites is 5. The van der Waals surface area contributed by atoms with Crippen molar-refractivity contribution >= 4 is 178 Å². The number of amides is 2. The van der Waals surface area contributed by atoms with Gasteiger partial charge < -0.3 is 45.8 Å². The van der Waals surface area contributed by atoms with Crippen LogP contribution in [-0.2, 0) is 12.8 Å². The van der Waals surface area contributed by atoms with Gasteiger partial charge in [-0.15, -0.1) is 15.3 Å². The molecule has 0 spiro atoms. The van der Waals surface area contributed by atoms with Crippen molar-refractivity contribution in [3.8, 4) is 17.2 Å². The molecular formula is C85H60N12O6. The van der Waals surface area contributed by atoms with E-state index in [4.69, 9.17) is 20.5 Å². The van der Waals surface area contributed by atoms with Crippen molar-refractivity contribution in [2.45, 2.75) is 26.7 Å². The largest absolute Gasteiger partial charge is 0.505 e. The van der Waals surface area contributed by atoms with Gasteiger partial charge >= 0.3 is 0 Å². The molecule has 0 fully saturated rings. The van der Waals surface area contributed by atoms with Crippen molar-refractivity contribution in [1.29, 1.82) is 0 Å². The van der Waals surface area contributed by atoms with E-state index in [0.717, 1.165) is 76.5 Å². The summed E-state index contributed by atoms with van der Waals surface area (Å²) < 4.78 is 0. The first-order valence-electron chi connectivity index (χ1n) is 33.7. The van der Waals surface area contributed by atoms with Gasteiger partial charge in [0.1, 0.15) is 17.1 Å². The maximum atomic E-state index is 14.3. The number of aryl methyl sites for hydroxylation is 2. The van der Waals surface area contributed by atoms with Crippen molar-refractivity contribution in [2.24, 2.45) is 30.7 Å². The van der Waals surface area contributed by atoms with Crippen LogP contribution in [0.1, 0.15) is 56.0 Å². The zero-order valence-corrected chi connectivity index (χ0v) is 55.4. The third-order valence-corrected chi connectivity index (χ3v) is 19.3. The molecule has 18 heteroatoms. The lowest BCUT2D eigenvalue weighted by Gasteiger charge is -2.25. The molecule has 496 valence electrons. The van der Waals surface area contributed by atoms with Gasteiger partial charge in [0.15, 0.2) is 23.5 Å². The molecule has 0 saturated carbocycles. The number of aromatic amines is 3. The number of carbonyl (C=O) groups is 3. The Morgan fingerprint density at radius 2 is 0.709 bits per heavy atom. The minimum absolute atomic E-state index is 0.0287. The SMILES string of the molecule is CCc1ccccc1NC(=O)c1cc2ccc3c4ccccc4[nH]c3c2c(N=Nc2ccc(N(c3ccc(N=Nc4c(O)c(C=O)cc5ccc6c7ccccc7[nH]c6c45)cc3)c3ccc(N=Nc4c(O)c(C(=O)Nc5ccccc5CC)cc5ccc6c7ccccc7[nH]c6c45)cc3)cc2)c1O. The van der Waals surface area contributed by atoms with Crippen LogP contribution in [0.4, 0.5) is 62.6 Å². The third-order valence-electron chi connectivity index (χ3n) is 19.3. The van der Waals surface area contributed by atoms with Crippen LogP contribution in [0.3, 0.4) is 0 Å². The van der Waals surface area contributed by atoms with Crippen LogP contribution in [-0.4, -0.2) is 48.4 Å². The molecule has 2 amide bonds. The Kier molecular flexibility index (Phi) is 15.5. The molecule has 0 unspecified atom stereocenters. The number of aromatic hydroxyl groups is 3. The molecule has 0 bridgehead atoms. The molecule has 14 aromatic carbocycles. The van der Waals surface area contributed by atoms with Crippen molar-refractivity contribution in [2.75, 3.05) is 15.5 Å². The van der Waals surface area contributed by atoms with E-state index in [9.17, 15) is 29.7 Å². The van der Waals surface area contributed by atoms with Gasteiger partial charge in [-0.25, -0.2) is 0 Å². The highest BCUT2D eigenvalue weighted by Gasteiger charge is 2.26. The van der Waals surface area contributed by atoms with E-state index >= 15 is 0 Å². The number of nitrogens with one attached hydrogen (secondary N) is 5. The summed E-state index contributed by atoms with van der Waals surface area (Å²) in [6.45, 7) is 4.03. The van der Waals surface area contributed by atoms with Crippen molar-refractivity contribution < 1.29 is 29.7 Å². The van der Waals surface area contributed by atoms with E-state index in [2.05, 4.69) is 35.8 Å². The highest BCUT2D eigenvalue weighted by Crippen LogP contribution is 2.49. The normalized spacial score (nSPS) is 12.0. The van der Waals surface area contributed by atoms with Crippen LogP contribution in [0, 0.1) is 0 Å². The lowest BCUT2D eigenvalue weighted by Crippen LogP contribution is -2.13. The molecule has 17 aromatic rings. The van der Waals surface area contributed by atoms with Crippen LogP contribution in [0.2, 0.25) is 0 Å². The standard InChI is InChI=1S/C85H60N12O6/c1-3-47-15-5-10-20-67(47)89-84(102)65-44-50-26-41-63-60-18-8-13-23-70(60)87-76(63)73(50)79(82(65)100)95-92-54-30-36-57(37-31-54)97(56-34-28-53(29-35-56)91-94-78-72-49(43-52(46-98)81(78)99)25-40-62-59-17-7-12-22-69(59)86-75(62)72)58-38-32-55(33-39-58)93-96-80-74-51(27-42-64-61-19-9-14-24-71(61)88-77(64)74)45-66(83(80)101)85(103)90-68-21-11-6-16-48(68)4-2/h5-46,86-88,99-101H,3-4H2,1-2H3,(H,89,102)(H,90,103). The number of hydrogen-bond donors (Lipinski definition) is 8. The highest BCUT2D eigenvalue weighted by molar-refractivity contribution is 6.25. The molecular weight excluding hydrogens is 1290 g/mol. The summed E-state index contributed by atoms with van der Waals surface area (Å²) >= 11 is 0. The van der Waals surface area contributed by atoms with E-state index in [-0.39, 0.29) is 51.0 Å². The summed E-state index contributed by atoms with van der Waals surface area (Å²) in [5.74, 6) is -1.98. The van der Waals surface area contributed by atoms with Crippen LogP contribution >= 0.6 is 0 Å². The van der Waals surface area contributed by atoms with E-state index in [1.165, 1.54) is 0 Å². The Bertz CT molecular complexity index is 6170. The average Bonchev–Trinajstić information content (AvgIpc) is 1.66. The van der Waals surface area contributed by atoms with Crippen LogP contribution in [0.15, 0.2) is 279 Å². The number of nitrogens with zero attached hydrogens (tertiary/aromatic N) is 7. The number of rotatable bonds is 16. The lowest BCUT2D eigenvalue weighted by molar-refractivity contribution is 0.101. The average molecular weight is 1350 g/mol. The minimum atomic E-state index is -0.504. The molecule has 0 aliphatic heterocycles. The van der Waals surface area contributed by atoms with Crippen molar-refractivity contribution in [3.63, 3.8) is 0 Å². The number of aldehydes is 1. The molecule has 3 aromatic heterocycles. The minimum Gasteiger partial charge on any atom is -0.505 e. The fourth-order valence-electron chi connectivity index (χ4n) is 14.1. The van der Waals surface area contributed by atoms with Gasteiger partial charge in [-0.1, -0.05) is 141 Å². The highest BCUT2D eigenvalue weighted by atomic mass is 16.3.